The molecule has 0 atom stereocenters. The van der Waals surface area contributed by atoms with Crippen molar-refractivity contribution in [3.63, 3.8) is 0 Å². The van der Waals surface area contributed by atoms with E-state index in [4.69, 9.17) is 9.31 Å². The van der Waals surface area contributed by atoms with Gasteiger partial charge >= 0.3 is 7.12 Å². The highest BCUT2D eigenvalue weighted by Crippen LogP contribution is 2.36. The third kappa shape index (κ3) is 4.22. The van der Waals surface area contributed by atoms with Crippen LogP contribution >= 0.6 is 0 Å². The molecule has 2 nitrogen and oxygen atoms in total. The summed E-state index contributed by atoms with van der Waals surface area (Å²) >= 11 is 0. The summed E-state index contributed by atoms with van der Waals surface area (Å²) in [4.78, 5) is 0. The first-order valence-electron chi connectivity index (χ1n) is 6.72. The Morgan fingerprint density at radius 2 is 1.53 bits per heavy atom. The second-order valence-electron chi connectivity index (χ2n) is 5.95. The summed E-state index contributed by atoms with van der Waals surface area (Å²) in [6, 6.07) is 0. The maximum absolute atomic E-state index is 5.91. The van der Waals surface area contributed by atoms with Gasteiger partial charge in [-0.25, -0.2) is 0 Å². The minimum atomic E-state index is -0.293. The Kier molecular flexibility index (Phi) is 5.00. The first kappa shape index (κ1) is 16.0. The lowest BCUT2D eigenvalue weighted by Gasteiger charge is -2.32. The van der Waals surface area contributed by atoms with Gasteiger partial charge in [0.05, 0.1) is 11.2 Å². The fraction of sp³-hybridized carbons (Fsp3) is 0.500. The van der Waals surface area contributed by atoms with Crippen LogP contribution in [0, 0.1) is 0 Å². The minimum Gasteiger partial charge on any atom is -0.400 e. The van der Waals surface area contributed by atoms with Crippen molar-refractivity contribution in [2.45, 2.75) is 52.7 Å². The summed E-state index contributed by atoms with van der Waals surface area (Å²) in [5.41, 5.74) is 1.57. The lowest BCUT2D eigenvalue weighted by atomic mass is 9.89. The van der Waals surface area contributed by atoms with Gasteiger partial charge in [0.15, 0.2) is 0 Å². The van der Waals surface area contributed by atoms with E-state index in [2.05, 4.69) is 34.3 Å². The average molecular weight is 260 g/mol. The van der Waals surface area contributed by atoms with Gasteiger partial charge in [-0.05, 0) is 47.1 Å². The molecule has 1 fully saturated rings. The molecule has 1 heterocycles. The van der Waals surface area contributed by atoms with Crippen molar-refractivity contribution >= 4 is 7.12 Å². The fourth-order valence-electron chi connectivity index (χ4n) is 1.64. The van der Waals surface area contributed by atoms with Gasteiger partial charge in [-0.2, -0.15) is 0 Å². The van der Waals surface area contributed by atoms with Crippen molar-refractivity contribution in [2.75, 3.05) is 0 Å². The van der Waals surface area contributed by atoms with Gasteiger partial charge in [-0.3, -0.25) is 0 Å². The van der Waals surface area contributed by atoms with Crippen LogP contribution in [-0.4, -0.2) is 18.3 Å². The number of rotatable bonds is 4. The standard InChI is InChI=1S/C16H25BO2/c1-8-14(10-9-13(2)3)11-12-17-18-15(4,5)16(6,7)19-17/h8-12H,2H2,1,3-7H3/b10-9-,12-11+,14-8+. The van der Waals surface area contributed by atoms with Gasteiger partial charge in [0.1, 0.15) is 0 Å². The molecule has 3 heteroatoms. The summed E-state index contributed by atoms with van der Waals surface area (Å²) in [5, 5.41) is 0. The van der Waals surface area contributed by atoms with Crippen LogP contribution in [-0.2, 0) is 9.31 Å². The van der Waals surface area contributed by atoms with E-state index in [1.165, 1.54) is 0 Å². The third-order valence-electron chi connectivity index (χ3n) is 3.61. The zero-order valence-electron chi connectivity index (χ0n) is 13.0. The molecule has 0 amide bonds. The molecule has 0 saturated carbocycles. The summed E-state index contributed by atoms with van der Waals surface area (Å²) in [7, 11) is -0.293. The van der Waals surface area contributed by atoms with Crippen LogP contribution in [0.15, 0.2) is 48.0 Å². The second kappa shape index (κ2) is 5.93. The number of hydrogen-bond acceptors (Lipinski definition) is 2. The molecule has 1 rings (SSSR count). The van der Waals surface area contributed by atoms with Gasteiger partial charge in [-0.1, -0.05) is 42.4 Å². The summed E-state index contributed by atoms with van der Waals surface area (Å²) in [5.74, 6) is 1.95. The molecule has 104 valence electrons. The highest BCUT2D eigenvalue weighted by atomic mass is 16.7. The molecule has 1 saturated heterocycles. The summed E-state index contributed by atoms with van der Waals surface area (Å²) < 4.78 is 11.8. The van der Waals surface area contributed by atoms with E-state index >= 15 is 0 Å². The largest absolute Gasteiger partial charge is 0.487 e. The van der Waals surface area contributed by atoms with E-state index in [9.17, 15) is 0 Å². The Morgan fingerprint density at radius 3 is 1.95 bits per heavy atom. The molecule has 0 aromatic heterocycles. The number of hydrogen-bond donors (Lipinski definition) is 0. The van der Waals surface area contributed by atoms with Crippen LogP contribution in [0.25, 0.3) is 0 Å². The van der Waals surface area contributed by atoms with Crippen LogP contribution in [0.3, 0.4) is 0 Å². The fourth-order valence-corrected chi connectivity index (χ4v) is 1.64. The molecule has 19 heavy (non-hydrogen) atoms. The van der Waals surface area contributed by atoms with Crippen molar-refractivity contribution in [1.29, 1.82) is 0 Å². The predicted octanol–water partition coefficient (Wildman–Crippen LogP) is 4.25. The Labute approximate surface area is 118 Å². The van der Waals surface area contributed by atoms with Crippen molar-refractivity contribution in [2.24, 2.45) is 0 Å². The summed E-state index contributed by atoms with van der Waals surface area (Å²) in [6.07, 6.45) is 8.08. The highest BCUT2D eigenvalue weighted by molar-refractivity contribution is 6.51. The lowest BCUT2D eigenvalue weighted by molar-refractivity contribution is 0.00578. The molecular weight excluding hydrogens is 235 g/mol. The van der Waals surface area contributed by atoms with E-state index in [1.54, 1.807) is 0 Å². The van der Waals surface area contributed by atoms with Crippen molar-refractivity contribution < 1.29 is 9.31 Å². The van der Waals surface area contributed by atoms with Crippen LogP contribution in [0.1, 0.15) is 41.5 Å². The topological polar surface area (TPSA) is 18.5 Å². The molecular formula is C16H25BO2. The summed E-state index contributed by atoms with van der Waals surface area (Å²) in [6.45, 7) is 16.0. The molecule has 0 unspecified atom stereocenters. The van der Waals surface area contributed by atoms with Gasteiger partial charge in [0.2, 0.25) is 0 Å². The Balaban J connectivity index is 2.71. The molecule has 1 aliphatic rings. The SMILES string of the molecule is C=C(C)\C=C/C(=C\C)/C=C/B1OC(C)(C)C(C)(C)O1. The molecule has 0 radical (unpaired) electrons. The Bertz CT molecular complexity index is 412. The molecule has 0 bridgehead atoms. The van der Waals surface area contributed by atoms with Crippen LogP contribution < -0.4 is 0 Å². The number of allylic oxidation sites excluding steroid dienone is 6. The molecule has 0 aromatic rings. The normalized spacial score (nSPS) is 22.6. The van der Waals surface area contributed by atoms with Gasteiger partial charge in [0, 0.05) is 0 Å². The van der Waals surface area contributed by atoms with E-state index in [-0.39, 0.29) is 18.3 Å². The Morgan fingerprint density at radius 1 is 1.00 bits per heavy atom. The van der Waals surface area contributed by atoms with E-state index < -0.39 is 0 Å². The first-order valence-corrected chi connectivity index (χ1v) is 6.72. The first-order chi connectivity index (χ1) is 8.68. The predicted molar refractivity (Wildman–Crippen MR) is 82.9 cm³/mol. The quantitative estimate of drug-likeness (QED) is 0.555. The molecule has 1 aliphatic heterocycles. The van der Waals surface area contributed by atoms with E-state index in [0.29, 0.717) is 0 Å². The van der Waals surface area contributed by atoms with Gasteiger partial charge in [-0.15, -0.1) is 0 Å². The van der Waals surface area contributed by atoms with E-state index in [0.717, 1.165) is 11.1 Å². The smallest absolute Gasteiger partial charge is 0.400 e. The van der Waals surface area contributed by atoms with Crippen molar-refractivity contribution in [3.05, 3.63) is 48.0 Å². The van der Waals surface area contributed by atoms with Gasteiger partial charge < -0.3 is 9.31 Å². The Hall–Kier alpha value is -1.06. The highest BCUT2D eigenvalue weighted by Gasteiger charge is 2.49. The molecule has 0 aromatic carbocycles. The monoisotopic (exact) mass is 260 g/mol. The van der Waals surface area contributed by atoms with Crippen molar-refractivity contribution in [3.8, 4) is 0 Å². The molecule has 0 aliphatic carbocycles. The van der Waals surface area contributed by atoms with Crippen LogP contribution in [0.4, 0.5) is 0 Å². The lowest BCUT2D eigenvalue weighted by Crippen LogP contribution is -2.41. The second-order valence-corrected chi connectivity index (χ2v) is 5.95. The maximum Gasteiger partial charge on any atom is 0.487 e. The van der Waals surface area contributed by atoms with Crippen LogP contribution in [0.2, 0.25) is 0 Å². The van der Waals surface area contributed by atoms with E-state index in [1.807, 2.05) is 44.1 Å². The molecule has 0 spiro atoms. The van der Waals surface area contributed by atoms with Gasteiger partial charge in [0.25, 0.3) is 0 Å². The van der Waals surface area contributed by atoms with Crippen molar-refractivity contribution in [1.82, 2.24) is 0 Å². The zero-order chi connectivity index (χ0) is 14.7. The maximum atomic E-state index is 5.91. The third-order valence-corrected chi connectivity index (χ3v) is 3.61. The van der Waals surface area contributed by atoms with Crippen LogP contribution in [0.5, 0.6) is 0 Å². The molecule has 0 N–H and O–H groups in total. The average Bonchev–Trinajstić information content (AvgIpc) is 2.47. The zero-order valence-corrected chi connectivity index (χ0v) is 13.0. The minimum absolute atomic E-state index is 0.286.